The number of likely N-dealkylation sites (tertiary alicyclic amines) is 1. The van der Waals surface area contributed by atoms with Gasteiger partial charge in [-0.2, -0.15) is 0 Å². The Morgan fingerprint density at radius 1 is 1.63 bits per heavy atom. The van der Waals surface area contributed by atoms with E-state index in [1.807, 2.05) is 0 Å². The van der Waals surface area contributed by atoms with E-state index in [1.54, 1.807) is 12.4 Å². The van der Waals surface area contributed by atoms with Crippen molar-refractivity contribution in [3.63, 3.8) is 0 Å². The van der Waals surface area contributed by atoms with Crippen molar-refractivity contribution in [1.29, 1.82) is 0 Å². The topological polar surface area (TPSA) is 54.5 Å². The number of likely N-dealkylation sites (N-methyl/N-ethyl adjacent to an activating group) is 1. The van der Waals surface area contributed by atoms with Crippen molar-refractivity contribution in [2.45, 2.75) is 32.7 Å². The fourth-order valence-corrected chi connectivity index (χ4v) is 3.15. The van der Waals surface area contributed by atoms with E-state index in [1.165, 1.54) is 30.7 Å². The maximum atomic E-state index is 11.7. The highest BCUT2D eigenvalue weighted by Gasteiger charge is 2.24. The summed E-state index contributed by atoms with van der Waals surface area (Å²) in [4.78, 5) is 18.3. The zero-order valence-electron chi connectivity index (χ0n) is 11.5. The molecule has 1 atom stereocenters. The van der Waals surface area contributed by atoms with Gasteiger partial charge in [0.25, 0.3) is 0 Å². The number of anilines is 1. The standard InChI is InChI=1S/C13H21N3O2S/c1-3-16-7-5-6-10(16)8-14-12-11(15-9-19-12)13(17)18-4-2/h9-10,14H,3-8H2,1-2H3. The number of esters is 1. The van der Waals surface area contributed by atoms with Gasteiger partial charge in [-0.3, -0.25) is 4.90 Å². The molecule has 0 radical (unpaired) electrons. The maximum absolute atomic E-state index is 11.7. The van der Waals surface area contributed by atoms with Crippen LogP contribution in [0.4, 0.5) is 5.00 Å². The van der Waals surface area contributed by atoms with Crippen LogP contribution in [0, 0.1) is 0 Å². The van der Waals surface area contributed by atoms with Crippen LogP contribution >= 0.6 is 11.3 Å². The first kappa shape index (κ1) is 14.3. The van der Waals surface area contributed by atoms with E-state index in [0.29, 0.717) is 18.3 Å². The van der Waals surface area contributed by atoms with Crippen LogP contribution in [0.2, 0.25) is 0 Å². The predicted octanol–water partition coefficient (Wildman–Crippen LogP) is 2.22. The molecule has 1 aliphatic heterocycles. The summed E-state index contributed by atoms with van der Waals surface area (Å²) in [5.74, 6) is -0.343. The van der Waals surface area contributed by atoms with E-state index in [4.69, 9.17) is 4.74 Å². The highest BCUT2D eigenvalue weighted by molar-refractivity contribution is 7.14. The van der Waals surface area contributed by atoms with E-state index in [0.717, 1.165) is 18.1 Å². The average Bonchev–Trinajstić information content (AvgIpc) is 3.05. The number of ether oxygens (including phenoxy) is 1. The van der Waals surface area contributed by atoms with Gasteiger partial charge in [0.05, 0.1) is 12.1 Å². The molecular formula is C13H21N3O2S. The van der Waals surface area contributed by atoms with Crippen molar-refractivity contribution in [3.05, 3.63) is 11.2 Å². The number of aromatic nitrogens is 1. The van der Waals surface area contributed by atoms with Gasteiger partial charge in [-0.25, -0.2) is 9.78 Å². The Kier molecular flexibility index (Phi) is 5.15. The van der Waals surface area contributed by atoms with Crippen LogP contribution in [0.5, 0.6) is 0 Å². The summed E-state index contributed by atoms with van der Waals surface area (Å²) in [6.07, 6.45) is 2.47. The van der Waals surface area contributed by atoms with Crippen molar-refractivity contribution in [3.8, 4) is 0 Å². The largest absolute Gasteiger partial charge is 0.461 e. The van der Waals surface area contributed by atoms with E-state index >= 15 is 0 Å². The summed E-state index contributed by atoms with van der Waals surface area (Å²) in [5, 5.41) is 4.17. The van der Waals surface area contributed by atoms with E-state index in [9.17, 15) is 4.79 Å². The predicted molar refractivity (Wildman–Crippen MR) is 76.8 cm³/mol. The summed E-state index contributed by atoms with van der Waals surface area (Å²) in [6, 6.07) is 0.558. The Bertz CT molecular complexity index is 422. The highest BCUT2D eigenvalue weighted by Crippen LogP contribution is 2.23. The lowest BCUT2D eigenvalue weighted by atomic mass is 10.2. The molecular weight excluding hydrogens is 262 g/mol. The number of hydrogen-bond acceptors (Lipinski definition) is 6. The first-order chi connectivity index (χ1) is 9.26. The second-order valence-electron chi connectivity index (χ2n) is 4.56. The van der Waals surface area contributed by atoms with Crippen LogP contribution in [0.25, 0.3) is 0 Å². The second-order valence-corrected chi connectivity index (χ2v) is 5.41. The minimum absolute atomic E-state index is 0.343. The molecule has 5 nitrogen and oxygen atoms in total. The molecule has 1 N–H and O–H groups in total. The van der Waals surface area contributed by atoms with Gasteiger partial charge in [0.15, 0.2) is 5.69 Å². The molecule has 0 spiro atoms. The number of nitrogens with one attached hydrogen (secondary N) is 1. The van der Waals surface area contributed by atoms with E-state index in [2.05, 4.69) is 22.1 Å². The smallest absolute Gasteiger partial charge is 0.360 e. The molecule has 6 heteroatoms. The molecule has 0 bridgehead atoms. The molecule has 106 valence electrons. The van der Waals surface area contributed by atoms with Gasteiger partial charge < -0.3 is 10.1 Å². The molecule has 0 amide bonds. The maximum Gasteiger partial charge on any atom is 0.360 e. The quantitative estimate of drug-likeness (QED) is 0.811. The molecule has 1 aliphatic rings. The van der Waals surface area contributed by atoms with Crippen LogP contribution in [0.3, 0.4) is 0 Å². The third kappa shape index (κ3) is 3.45. The van der Waals surface area contributed by atoms with Crippen LogP contribution in [0.1, 0.15) is 37.2 Å². The summed E-state index contributed by atoms with van der Waals surface area (Å²) < 4.78 is 5.00. The van der Waals surface area contributed by atoms with Crippen molar-refractivity contribution in [1.82, 2.24) is 9.88 Å². The highest BCUT2D eigenvalue weighted by atomic mass is 32.1. The molecule has 0 saturated carbocycles. The molecule has 1 unspecified atom stereocenters. The molecule has 1 aromatic heterocycles. The molecule has 19 heavy (non-hydrogen) atoms. The molecule has 2 rings (SSSR count). The summed E-state index contributed by atoms with van der Waals surface area (Å²) in [5.41, 5.74) is 2.09. The first-order valence-electron chi connectivity index (χ1n) is 6.84. The zero-order chi connectivity index (χ0) is 13.7. The number of carbonyl (C=O) groups excluding carboxylic acids is 1. The molecule has 0 aliphatic carbocycles. The molecule has 1 fully saturated rings. The van der Waals surface area contributed by atoms with E-state index < -0.39 is 0 Å². The van der Waals surface area contributed by atoms with Crippen LogP contribution in [-0.4, -0.2) is 48.1 Å². The minimum Gasteiger partial charge on any atom is -0.461 e. The zero-order valence-corrected chi connectivity index (χ0v) is 12.3. The first-order valence-corrected chi connectivity index (χ1v) is 7.72. The van der Waals surface area contributed by atoms with Gasteiger partial charge >= 0.3 is 5.97 Å². The van der Waals surface area contributed by atoms with Crippen LogP contribution < -0.4 is 5.32 Å². The van der Waals surface area contributed by atoms with Gasteiger partial charge in [-0.1, -0.05) is 6.92 Å². The van der Waals surface area contributed by atoms with Crippen molar-refractivity contribution in [2.24, 2.45) is 0 Å². The van der Waals surface area contributed by atoms with Crippen molar-refractivity contribution in [2.75, 3.05) is 31.6 Å². The van der Waals surface area contributed by atoms with Gasteiger partial charge in [0.2, 0.25) is 0 Å². The fraction of sp³-hybridized carbons (Fsp3) is 0.692. The minimum atomic E-state index is -0.343. The number of rotatable bonds is 6. The lowest BCUT2D eigenvalue weighted by Gasteiger charge is -2.23. The van der Waals surface area contributed by atoms with Crippen LogP contribution in [0.15, 0.2) is 5.51 Å². The SMILES string of the molecule is CCOC(=O)c1ncsc1NCC1CCCN1CC. The van der Waals surface area contributed by atoms with Crippen molar-refractivity contribution < 1.29 is 9.53 Å². The number of carbonyl (C=O) groups is 1. The normalized spacial score (nSPS) is 19.6. The van der Waals surface area contributed by atoms with Gasteiger partial charge in [0.1, 0.15) is 5.00 Å². The number of hydrogen-bond donors (Lipinski definition) is 1. The number of nitrogens with zero attached hydrogens (tertiary/aromatic N) is 2. The van der Waals surface area contributed by atoms with Crippen molar-refractivity contribution >= 4 is 22.3 Å². The Balaban J connectivity index is 1.93. The molecule has 0 aromatic carbocycles. The fourth-order valence-electron chi connectivity index (χ4n) is 2.47. The van der Waals surface area contributed by atoms with Gasteiger partial charge in [0, 0.05) is 12.6 Å². The Labute approximate surface area is 118 Å². The van der Waals surface area contributed by atoms with Gasteiger partial charge in [-0.15, -0.1) is 11.3 Å². The third-order valence-corrected chi connectivity index (χ3v) is 4.22. The number of thiazole rings is 1. The molecule has 1 aromatic rings. The monoisotopic (exact) mass is 283 g/mol. The Morgan fingerprint density at radius 2 is 2.47 bits per heavy atom. The van der Waals surface area contributed by atoms with Crippen LogP contribution in [-0.2, 0) is 4.74 Å². The molecule has 1 saturated heterocycles. The second kappa shape index (κ2) is 6.86. The van der Waals surface area contributed by atoms with Gasteiger partial charge in [-0.05, 0) is 32.9 Å². The Morgan fingerprint density at radius 3 is 3.21 bits per heavy atom. The lowest BCUT2D eigenvalue weighted by molar-refractivity contribution is 0.0521. The molecule has 2 heterocycles. The summed E-state index contributed by atoms with van der Waals surface area (Å²) >= 11 is 1.45. The average molecular weight is 283 g/mol. The summed E-state index contributed by atoms with van der Waals surface area (Å²) in [6.45, 7) is 7.49. The van der Waals surface area contributed by atoms with E-state index in [-0.39, 0.29) is 5.97 Å². The third-order valence-electron chi connectivity index (χ3n) is 3.44. The summed E-state index contributed by atoms with van der Waals surface area (Å²) in [7, 11) is 0. The lowest BCUT2D eigenvalue weighted by Crippen LogP contribution is -2.34. The Hall–Kier alpha value is -1.14.